The molecule has 2 aliphatic rings. The van der Waals surface area contributed by atoms with Crippen molar-refractivity contribution in [3.63, 3.8) is 0 Å². The zero-order valence-corrected chi connectivity index (χ0v) is 14.5. The number of hydrogen-bond acceptors (Lipinski definition) is 3. The van der Waals surface area contributed by atoms with Crippen molar-refractivity contribution in [3.05, 3.63) is 29.8 Å². The number of carbonyl (C=O) groups excluding carboxylic acids is 2. The van der Waals surface area contributed by atoms with E-state index in [1.807, 2.05) is 0 Å². The predicted octanol–water partition coefficient (Wildman–Crippen LogP) is 2.97. The summed E-state index contributed by atoms with van der Waals surface area (Å²) in [6.45, 7) is 0. The molecule has 2 fully saturated rings. The van der Waals surface area contributed by atoms with Crippen molar-refractivity contribution in [2.45, 2.75) is 51.0 Å². The molecule has 0 heterocycles. The minimum Gasteiger partial charge on any atom is -0.349 e. The van der Waals surface area contributed by atoms with Crippen molar-refractivity contribution in [1.82, 2.24) is 10.6 Å². The largest absolute Gasteiger partial charge is 0.349 e. The molecule has 0 atom stereocenters. The fourth-order valence-electron chi connectivity index (χ4n) is 2.94. The minimum atomic E-state index is -0.0296. The molecule has 3 N–H and O–H groups in total. The van der Waals surface area contributed by atoms with Gasteiger partial charge in [0.2, 0.25) is 5.91 Å². The molecular weight excluding hydrogens is 322 g/mol. The summed E-state index contributed by atoms with van der Waals surface area (Å²) in [5.41, 5.74) is 1.39. The monoisotopic (exact) mass is 345 g/mol. The second kappa shape index (κ2) is 7.75. The topological polar surface area (TPSA) is 70.2 Å². The molecule has 1 aromatic rings. The third kappa shape index (κ3) is 4.77. The van der Waals surface area contributed by atoms with E-state index in [1.165, 1.54) is 19.3 Å². The van der Waals surface area contributed by atoms with Crippen molar-refractivity contribution < 1.29 is 9.59 Å². The lowest BCUT2D eigenvalue weighted by molar-refractivity contribution is -0.120. The first-order valence-corrected chi connectivity index (χ1v) is 9.05. The van der Waals surface area contributed by atoms with Gasteiger partial charge < -0.3 is 16.0 Å². The standard InChI is InChI=1S/C18H23N3O2S/c22-16(19-14-4-2-1-3-5-14)13-8-10-15(11-9-13)20-18(24)21-17(23)12-6-7-12/h8-12,14H,1-7H2,(H,19,22)(H2,20,21,23,24). The highest BCUT2D eigenvalue weighted by atomic mass is 32.1. The van der Waals surface area contributed by atoms with Gasteiger partial charge in [0.05, 0.1) is 0 Å². The summed E-state index contributed by atoms with van der Waals surface area (Å²) in [7, 11) is 0. The van der Waals surface area contributed by atoms with Gasteiger partial charge in [-0.1, -0.05) is 19.3 Å². The average molecular weight is 345 g/mol. The van der Waals surface area contributed by atoms with Crippen LogP contribution < -0.4 is 16.0 Å². The fourth-order valence-corrected chi connectivity index (χ4v) is 3.16. The summed E-state index contributed by atoms with van der Waals surface area (Å²) in [6, 6.07) is 7.43. The van der Waals surface area contributed by atoms with E-state index in [2.05, 4.69) is 16.0 Å². The first-order valence-electron chi connectivity index (χ1n) is 8.64. The molecule has 0 aromatic heterocycles. The quantitative estimate of drug-likeness (QED) is 0.734. The Morgan fingerprint density at radius 3 is 2.25 bits per heavy atom. The van der Waals surface area contributed by atoms with Gasteiger partial charge in [0.25, 0.3) is 5.91 Å². The maximum absolute atomic E-state index is 12.3. The number of thiocarbonyl (C=S) groups is 1. The van der Waals surface area contributed by atoms with Crippen LogP contribution in [0.25, 0.3) is 0 Å². The number of hydrogen-bond donors (Lipinski definition) is 3. The van der Waals surface area contributed by atoms with E-state index >= 15 is 0 Å². The van der Waals surface area contributed by atoms with Gasteiger partial charge in [-0.3, -0.25) is 9.59 Å². The van der Waals surface area contributed by atoms with Crippen molar-refractivity contribution in [2.24, 2.45) is 5.92 Å². The zero-order chi connectivity index (χ0) is 16.9. The summed E-state index contributed by atoms with van der Waals surface area (Å²) in [6.07, 6.45) is 7.68. The summed E-state index contributed by atoms with van der Waals surface area (Å²) < 4.78 is 0. The van der Waals surface area contributed by atoms with Crippen molar-refractivity contribution in [1.29, 1.82) is 0 Å². The van der Waals surface area contributed by atoms with Gasteiger partial charge in [0.1, 0.15) is 0 Å². The molecule has 5 nitrogen and oxygen atoms in total. The number of amides is 2. The number of benzene rings is 1. The minimum absolute atomic E-state index is 0.0176. The first kappa shape index (κ1) is 16.9. The molecule has 0 radical (unpaired) electrons. The zero-order valence-electron chi connectivity index (χ0n) is 13.6. The second-order valence-electron chi connectivity index (χ2n) is 6.60. The average Bonchev–Trinajstić information content (AvgIpc) is 3.41. The maximum atomic E-state index is 12.3. The molecule has 1 aromatic carbocycles. The smallest absolute Gasteiger partial charge is 0.251 e. The Morgan fingerprint density at radius 2 is 1.62 bits per heavy atom. The lowest BCUT2D eigenvalue weighted by atomic mass is 9.95. The molecule has 2 aliphatic carbocycles. The van der Waals surface area contributed by atoms with Crippen molar-refractivity contribution >= 4 is 34.8 Å². The second-order valence-corrected chi connectivity index (χ2v) is 7.01. The Balaban J connectivity index is 1.49. The molecule has 3 rings (SSSR count). The molecule has 0 saturated heterocycles. The Labute approximate surface area is 147 Å². The van der Waals surface area contributed by atoms with E-state index in [1.54, 1.807) is 24.3 Å². The molecule has 2 amide bonds. The van der Waals surface area contributed by atoms with Gasteiger partial charge in [-0.15, -0.1) is 0 Å². The Bertz CT molecular complexity index is 620. The molecule has 128 valence electrons. The molecule has 0 unspecified atom stereocenters. The molecule has 0 bridgehead atoms. The van der Waals surface area contributed by atoms with Gasteiger partial charge in [-0.2, -0.15) is 0 Å². The van der Waals surface area contributed by atoms with E-state index < -0.39 is 0 Å². The van der Waals surface area contributed by atoms with Gasteiger partial charge in [-0.25, -0.2) is 0 Å². The van der Waals surface area contributed by atoms with Crippen LogP contribution >= 0.6 is 12.2 Å². The molecule has 24 heavy (non-hydrogen) atoms. The number of carbonyl (C=O) groups is 2. The van der Waals surface area contributed by atoms with E-state index in [-0.39, 0.29) is 17.7 Å². The number of anilines is 1. The predicted molar refractivity (Wildman–Crippen MR) is 97.9 cm³/mol. The van der Waals surface area contributed by atoms with Crippen LogP contribution in [0.4, 0.5) is 5.69 Å². The van der Waals surface area contributed by atoms with Gasteiger partial charge in [-0.05, 0) is 62.2 Å². The Kier molecular flexibility index (Phi) is 5.45. The molecular formula is C18H23N3O2S. The van der Waals surface area contributed by atoms with Crippen LogP contribution in [0.5, 0.6) is 0 Å². The lowest BCUT2D eigenvalue weighted by Gasteiger charge is -2.22. The van der Waals surface area contributed by atoms with E-state index in [4.69, 9.17) is 12.2 Å². The van der Waals surface area contributed by atoms with Crippen LogP contribution in [-0.4, -0.2) is 23.0 Å². The lowest BCUT2D eigenvalue weighted by Crippen LogP contribution is -2.36. The highest BCUT2D eigenvalue weighted by Gasteiger charge is 2.30. The summed E-state index contributed by atoms with van der Waals surface area (Å²) in [4.78, 5) is 23.9. The van der Waals surface area contributed by atoms with Crippen LogP contribution in [0.1, 0.15) is 55.3 Å². The molecule has 2 saturated carbocycles. The Morgan fingerprint density at radius 1 is 0.958 bits per heavy atom. The van der Waals surface area contributed by atoms with Gasteiger partial charge >= 0.3 is 0 Å². The number of rotatable bonds is 4. The summed E-state index contributed by atoms with van der Waals surface area (Å²) in [5.74, 6) is 0.0738. The van der Waals surface area contributed by atoms with Crippen LogP contribution in [0.2, 0.25) is 0 Å². The normalized spacial score (nSPS) is 17.8. The van der Waals surface area contributed by atoms with Crippen LogP contribution in [0, 0.1) is 5.92 Å². The van der Waals surface area contributed by atoms with E-state index in [0.717, 1.165) is 31.4 Å². The first-order chi connectivity index (χ1) is 11.6. The Hall–Kier alpha value is -1.95. The van der Waals surface area contributed by atoms with Gasteiger partial charge in [0, 0.05) is 23.2 Å². The summed E-state index contributed by atoms with van der Waals surface area (Å²) in [5, 5.41) is 9.05. The van der Waals surface area contributed by atoms with E-state index in [9.17, 15) is 9.59 Å². The van der Waals surface area contributed by atoms with Crippen LogP contribution in [0.15, 0.2) is 24.3 Å². The maximum Gasteiger partial charge on any atom is 0.251 e. The van der Waals surface area contributed by atoms with Crippen molar-refractivity contribution in [2.75, 3.05) is 5.32 Å². The molecule has 6 heteroatoms. The number of nitrogens with one attached hydrogen (secondary N) is 3. The highest BCUT2D eigenvalue weighted by Crippen LogP contribution is 2.28. The third-order valence-electron chi connectivity index (χ3n) is 4.53. The summed E-state index contributed by atoms with van der Waals surface area (Å²) >= 11 is 5.13. The highest BCUT2D eigenvalue weighted by molar-refractivity contribution is 7.80. The van der Waals surface area contributed by atoms with Gasteiger partial charge in [0.15, 0.2) is 5.11 Å². The van der Waals surface area contributed by atoms with Crippen LogP contribution in [0.3, 0.4) is 0 Å². The SMILES string of the molecule is O=C(NC1CCCCC1)c1ccc(NC(=S)NC(=O)C2CC2)cc1. The third-order valence-corrected chi connectivity index (χ3v) is 4.73. The van der Waals surface area contributed by atoms with E-state index in [0.29, 0.717) is 16.7 Å². The van der Waals surface area contributed by atoms with Crippen molar-refractivity contribution in [3.8, 4) is 0 Å². The fraction of sp³-hybridized carbons (Fsp3) is 0.500. The molecule has 0 spiro atoms. The molecule has 0 aliphatic heterocycles. The van der Waals surface area contributed by atoms with Crippen LogP contribution in [-0.2, 0) is 4.79 Å².